The van der Waals surface area contributed by atoms with Gasteiger partial charge in [-0.3, -0.25) is 10.1 Å². The lowest BCUT2D eigenvalue weighted by molar-refractivity contribution is 0.162. The number of H-pyrrole nitrogens is 2. The number of benzene rings is 2. The van der Waals surface area contributed by atoms with Crippen LogP contribution in [0.2, 0.25) is 0 Å². The van der Waals surface area contributed by atoms with Gasteiger partial charge in [0.15, 0.2) is 0 Å². The first-order valence-electron chi connectivity index (χ1n) is 13.3. The Morgan fingerprint density at radius 2 is 1.77 bits per heavy atom. The third-order valence-corrected chi connectivity index (χ3v) is 7.34. The second kappa shape index (κ2) is 10.1. The Bertz CT molecular complexity index is 1840. The van der Waals surface area contributed by atoms with E-state index < -0.39 is 0 Å². The van der Waals surface area contributed by atoms with E-state index in [1.807, 2.05) is 48.5 Å². The number of halogens is 1. The molecule has 1 saturated heterocycles. The molecule has 3 N–H and O–H groups in total. The van der Waals surface area contributed by atoms with Crippen LogP contribution in [0.15, 0.2) is 73.1 Å². The maximum absolute atomic E-state index is 14.3. The van der Waals surface area contributed by atoms with E-state index in [9.17, 15) is 4.39 Å². The van der Waals surface area contributed by atoms with Crippen molar-refractivity contribution >= 4 is 21.9 Å². The van der Waals surface area contributed by atoms with Gasteiger partial charge in [0, 0.05) is 28.7 Å². The Kier molecular flexibility index (Phi) is 6.13. The highest BCUT2D eigenvalue weighted by Gasteiger charge is 2.18. The lowest BCUT2D eigenvalue weighted by atomic mass is 10.0. The standard InChI is InChI=1S/C31H27FN6O2/c1-39-22-12-18(11-20(32)14-22)24-3-2-4-27-25(24)15-29(35-27)31-30-28(37-38-31)6-5-26(36-30)19-13-23(17-34-16-19)40-21-7-9-33-10-8-21/h2-6,11-17,21,33,35H,7-10H2,1H3,(H,37,38). The second-order valence-electron chi connectivity index (χ2n) is 9.97. The molecule has 0 atom stereocenters. The molecule has 200 valence electrons. The normalized spacial score (nSPS) is 14.2. The Labute approximate surface area is 229 Å². The van der Waals surface area contributed by atoms with Crippen LogP contribution in [0.3, 0.4) is 0 Å². The third-order valence-electron chi connectivity index (χ3n) is 7.34. The van der Waals surface area contributed by atoms with Crippen LogP contribution in [-0.2, 0) is 0 Å². The van der Waals surface area contributed by atoms with Gasteiger partial charge in [0.05, 0.1) is 30.2 Å². The fourth-order valence-corrected chi connectivity index (χ4v) is 5.35. The fraction of sp³-hybridized carbons (Fsp3) is 0.194. The van der Waals surface area contributed by atoms with Crippen molar-refractivity contribution in [1.29, 1.82) is 0 Å². The summed E-state index contributed by atoms with van der Waals surface area (Å²) < 4.78 is 25.8. The molecule has 40 heavy (non-hydrogen) atoms. The molecule has 6 aromatic rings. The number of nitrogens with zero attached hydrogens (tertiary/aromatic N) is 3. The highest BCUT2D eigenvalue weighted by atomic mass is 19.1. The Morgan fingerprint density at radius 1 is 0.900 bits per heavy atom. The SMILES string of the molecule is COc1cc(F)cc(-c2cccc3[nH]c(-c4n[nH]c5ccc(-c6cncc(OC7CCNCC7)c6)nc45)cc23)c1. The van der Waals surface area contributed by atoms with Crippen molar-refractivity contribution in [3.63, 3.8) is 0 Å². The highest BCUT2D eigenvalue weighted by molar-refractivity contribution is 6.00. The minimum atomic E-state index is -0.350. The zero-order valence-corrected chi connectivity index (χ0v) is 21.9. The van der Waals surface area contributed by atoms with Crippen LogP contribution in [0.25, 0.3) is 55.7 Å². The molecule has 0 radical (unpaired) electrons. The Balaban J connectivity index is 1.26. The minimum absolute atomic E-state index is 0.189. The number of rotatable bonds is 6. The van der Waals surface area contributed by atoms with Crippen molar-refractivity contribution in [1.82, 2.24) is 30.5 Å². The van der Waals surface area contributed by atoms with Crippen LogP contribution >= 0.6 is 0 Å². The van der Waals surface area contributed by atoms with E-state index in [4.69, 9.17) is 14.5 Å². The van der Waals surface area contributed by atoms with Gasteiger partial charge >= 0.3 is 0 Å². The Morgan fingerprint density at radius 3 is 2.65 bits per heavy atom. The van der Waals surface area contributed by atoms with E-state index in [2.05, 4.69) is 25.5 Å². The number of aromatic amines is 2. The molecule has 0 aliphatic carbocycles. The van der Waals surface area contributed by atoms with Crippen molar-refractivity contribution < 1.29 is 13.9 Å². The zero-order chi connectivity index (χ0) is 27.1. The molecule has 8 nitrogen and oxygen atoms in total. The van der Waals surface area contributed by atoms with Crippen LogP contribution in [0.4, 0.5) is 4.39 Å². The molecule has 9 heteroatoms. The van der Waals surface area contributed by atoms with Crippen molar-refractivity contribution in [2.75, 3.05) is 20.2 Å². The minimum Gasteiger partial charge on any atom is -0.497 e. The lowest BCUT2D eigenvalue weighted by Crippen LogP contribution is -2.34. The molecule has 0 amide bonds. The molecule has 4 aromatic heterocycles. The number of pyridine rings is 2. The summed E-state index contributed by atoms with van der Waals surface area (Å²) in [6.07, 6.45) is 5.70. The third kappa shape index (κ3) is 4.54. The molecule has 0 saturated carbocycles. The highest BCUT2D eigenvalue weighted by Crippen LogP contribution is 2.36. The van der Waals surface area contributed by atoms with Crippen molar-refractivity contribution in [3.05, 3.63) is 78.9 Å². The van der Waals surface area contributed by atoms with E-state index in [-0.39, 0.29) is 11.9 Å². The van der Waals surface area contributed by atoms with Gasteiger partial charge in [0.2, 0.25) is 0 Å². The molecule has 7 rings (SSSR count). The quantitative estimate of drug-likeness (QED) is 0.238. The molecular formula is C31H27FN6O2. The predicted molar refractivity (Wildman–Crippen MR) is 153 cm³/mol. The Hall–Kier alpha value is -4.76. The van der Waals surface area contributed by atoms with E-state index >= 15 is 0 Å². The van der Waals surface area contributed by atoms with E-state index in [1.54, 1.807) is 12.4 Å². The van der Waals surface area contributed by atoms with Crippen molar-refractivity contribution in [3.8, 4) is 45.3 Å². The van der Waals surface area contributed by atoms with Crippen LogP contribution in [0.1, 0.15) is 12.8 Å². The molecule has 1 fully saturated rings. The van der Waals surface area contributed by atoms with E-state index in [0.717, 1.165) is 81.7 Å². The number of nitrogens with one attached hydrogen (secondary N) is 3. The van der Waals surface area contributed by atoms with Crippen LogP contribution < -0.4 is 14.8 Å². The lowest BCUT2D eigenvalue weighted by Gasteiger charge is -2.23. The van der Waals surface area contributed by atoms with Crippen LogP contribution in [0, 0.1) is 5.82 Å². The molecule has 5 heterocycles. The fourth-order valence-electron chi connectivity index (χ4n) is 5.35. The van der Waals surface area contributed by atoms with Gasteiger partial charge < -0.3 is 19.8 Å². The van der Waals surface area contributed by atoms with E-state index in [0.29, 0.717) is 11.4 Å². The maximum Gasteiger partial charge on any atom is 0.138 e. The molecule has 1 aliphatic rings. The second-order valence-corrected chi connectivity index (χ2v) is 9.97. The van der Waals surface area contributed by atoms with Gasteiger partial charge in [0.1, 0.15) is 34.6 Å². The molecule has 0 spiro atoms. The average Bonchev–Trinajstić information content (AvgIpc) is 3.61. The largest absolute Gasteiger partial charge is 0.497 e. The summed E-state index contributed by atoms with van der Waals surface area (Å²) in [5.74, 6) is 0.866. The number of aromatic nitrogens is 5. The summed E-state index contributed by atoms with van der Waals surface area (Å²) in [7, 11) is 1.53. The van der Waals surface area contributed by atoms with Gasteiger partial charge in [-0.25, -0.2) is 9.37 Å². The number of ether oxygens (including phenoxy) is 2. The smallest absolute Gasteiger partial charge is 0.138 e. The first kappa shape index (κ1) is 24.3. The first-order chi connectivity index (χ1) is 19.6. The van der Waals surface area contributed by atoms with E-state index in [1.165, 1.54) is 19.2 Å². The molecule has 1 aliphatic heterocycles. The summed E-state index contributed by atoms with van der Waals surface area (Å²) in [6.45, 7) is 1.93. The molecule has 0 bridgehead atoms. The van der Waals surface area contributed by atoms with Gasteiger partial charge in [-0.15, -0.1) is 0 Å². The van der Waals surface area contributed by atoms with Crippen LogP contribution in [0.5, 0.6) is 11.5 Å². The monoisotopic (exact) mass is 534 g/mol. The van der Waals surface area contributed by atoms with Gasteiger partial charge in [-0.2, -0.15) is 5.10 Å². The summed E-state index contributed by atoms with van der Waals surface area (Å²) in [4.78, 5) is 12.9. The van der Waals surface area contributed by atoms with Gasteiger partial charge in [-0.1, -0.05) is 12.1 Å². The summed E-state index contributed by atoms with van der Waals surface area (Å²) in [5, 5.41) is 12.0. The summed E-state index contributed by atoms with van der Waals surface area (Å²) in [5.41, 5.74) is 7.26. The summed E-state index contributed by atoms with van der Waals surface area (Å²) >= 11 is 0. The number of fused-ring (bicyclic) bond motifs is 2. The maximum atomic E-state index is 14.3. The molecule has 0 unspecified atom stereocenters. The van der Waals surface area contributed by atoms with Crippen LogP contribution in [-0.4, -0.2) is 51.5 Å². The average molecular weight is 535 g/mol. The zero-order valence-electron chi connectivity index (χ0n) is 21.9. The topological polar surface area (TPSA) is 101 Å². The number of methoxy groups -OCH3 is 1. The number of piperidine rings is 1. The first-order valence-corrected chi connectivity index (χ1v) is 13.3. The molecular weight excluding hydrogens is 507 g/mol. The number of hydrogen-bond donors (Lipinski definition) is 3. The van der Waals surface area contributed by atoms with Gasteiger partial charge in [-0.05, 0) is 79.5 Å². The van der Waals surface area contributed by atoms with Gasteiger partial charge in [0.25, 0.3) is 0 Å². The molecule has 2 aromatic carbocycles. The predicted octanol–water partition coefficient (Wildman–Crippen LogP) is 6.11. The van der Waals surface area contributed by atoms with Crippen molar-refractivity contribution in [2.24, 2.45) is 0 Å². The summed E-state index contributed by atoms with van der Waals surface area (Å²) in [6, 6.07) is 18.6. The van der Waals surface area contributed by atoms with Crippen molar-refractivity contribution in [2.45, 2.75) is 18.9 Å². The number of hydrogen-bond acceptors (Lipinski definition) is 6.